The van der Waals surface area contributed by atoms with Crippen LogP contribution in [0.15, 0.2) is 35.2 Å². The molecular formula is C14H18O5S. The van der Waals surface area contributed by atoms with E-state index in [1.807, 2.05) is 0 Å². The van der Waals surface area contributed by atoms with Crippen molar-refractivity contribution in [2.45, 2.75) is 41.3 Å². The SMILES string of the molecule is O=S(=O)(c1ccccc1)[C@H]1CCO[C@@]12OCCC[C@H]2O. The Kier molecular flexibility index (Phi) is 3.58. The monoisotopic (exact) mass is 298 g/mol. The molecule has 20 heavy (non-hydrogen) atoms. The van der Waals surface area contributed by atoms with Gasteiger partial charge in [-0.05, 0) is 31.4 Å². The second kappa shape index (κ2) is 5.11. The Morgan fingerprint density at radius 1 is 1.10 bits per heavy atom. The number of ether oxygens (including phenoxy) is 2. The first kappa shape index (κ1) is 14.0. The largest absolute Gasteiger partial charge is 0.387 e. The maximum absolute atomic E-state index is 12.8. The highest BCUT2D eigenvalue weighted by molar-refractivity contribution is 7.92. The zero-order chi connectivity index (χ0) is 14.2. The van der Waals surface area contributed by atoms with Crippen molar-refractivity contribution in [3.8, 4) is 0 Å². The summed E-state index contributed by atoms with van der Waals surface area (Å²) in [7, 11) is -3.59. The Hall–Kier alpha value is -0.950. The Bertz CT molecular complexity index is 570. The number of aliphatic hydroxyl groups is 1. The van der Waals surface area contributed by atoms with Crippen LogP contribution in [0.4, 0.5) is 0 Å². The average molecular weight is 298 g/mol. The van der Waals surface area contributed by atoms with E-state index in [2.05, 4.69) is 0 Å². The fourth-order valence-electron chi connectivity index (χ4n) is 3.02. The van der Waals surface area contributed by atoms with Crippen LogP contribution in [0.3, 0.4) is 0 Å². The molecule has 2 fully saturated rings. The van der Waals surface area contributed by atoms with Crippen LogP contribution in [0.1, 0.15) is 19.3 Å². The van der Waals surface area contributed by atoms with Gasteiger partial charge in [-0.25, -0.2) is 8.42 Å². The van der Waals surface area contributed by atoms with Crippen molar-refractivity contribution in [3.63, 3.8) is 0 Å². The molecule has 0 aliphatic carbocycles. The van der Waals surface area contributed by atoms with Crippen LogP contribution in [-0.2, 0) is 19.3 Å². The van der Waals surface area contributed by atoms with Gasteiger partial charge in [0.2, 0.25) is 5.79 Å². The lowest BCUT2D eigenvalue weighted by Crippen LogP contribution is -2.57. The van der Waals surface area contributed by atoms with Gasteiger partial charge >= 0.3 is 0 Å². The Labute approximate surface area is 118 Å². The predicted octanol–water partition coefficient (Wildman–Crippen LogP) is 1.12. The number of rotatable bonds is 2. The van der Waals surface area contributed by atoms with Crippen LogP contribution >= 0.6 is 0 Å². The van der Waals surface area contributed by atoms with Gasteiger partial charge in [-0.1, -0.05) is 18.2 Å². The normalized spacial score (nSPS) is 34.5. The van der Waals surface area contributed by atoms with Crippen LogP contribution in [0.25, 0.3) is 0 Å². The van der Waals surface area contributed by atoms with Gasteiger partial charge in [0.25, 0.3) is 0 Å². The summed E-state index contributed by atoms with van der Waals surface area (Å²) in [5, 5.41) is 9.37. The smallest absolute Gasteiger partial charge is 0.212 e. The minimum atomic E-state index is -3.59. The van der Waals surface area contributed by atoms with Gasteiger partial charge in [0.15, 0.2) is 9.84 Å². The second-order valence-corrected chi connectivity index (χ2v) is 7.34. The van der Waals surface area contributed by atoms with E-state index in [9.17, 15) is 13.5 Å². The molecule has 0 saturated carbocycles. The molecular weight excluding hydrogens is 280 g/mol. The second-order valence-electron chi connectivity index (χ2n) is 5.21. The predicted molar refractivity (Wildman–Crippen MR) is 71.9 cm³/mol. The topological polar surface area (TPSA) is 72.8 Å². The summed E-state index contributed by atoms with van der Waals surface area (Å²) in [6.07, 6.45) is 0.654. The molecule has 1 N–H and O–H groups in total. The van der Waals surface area contributed by atoms with E-state index in [1.165, 1.54) is 0 Å². The van der Waals surface area contributed by atoms with Crippen molar-refractivity contribution >= 4 is 9.84 Å². The van der Waals surface area contributed by atoms with E-state index in [4.69, 9.17) is 9.47 Å². The van der Waals surface area contributed by atoms with Crippen molar-refractivity contribution in [3.05, 3.63) is 30.3 Å². The molecule has 3 atom stereocenters. The van der Waals surface area contributed by atoms with E-state index in [0.29, 0.717) is 25.9 Å². The molecule has 5 nitrogen and oxygen atoms in total. The summed E-state index contributed by atoms with van der Waals surface area (Å²) in [4.78, 5) is 0.247. The first-order valence-electron chi connectivity index (χ1n) is 6.82. The van der Waals surface area contributed by atoms with Gasteiger partial charge in [0.1, 0.15) is 11.4 Å². The quantitative estimate of drug-likeness (QED) is 0.885. The highest BCUT2D eigenvalue weighted by Crippen LogP contribution is 2.41. The third-order valence-electron chi connectivity index (χ3n) is 4.02. The average Bonchev–Trinajstić information content (AvgIpc) is 2.89. The van der Waals surface area contributed by atoms with Crippen LogP contribution in [0.5, 0.6) is 0 Å². The molecule has 0 radical (unpaired) electrons. The van der Waals surface area contributed by atoms with Crippen molar-refractivity contribution in [2.24, 2.45) is 0 Å². The minimum absolute atomic E-state index is 0.247. The molecule has 1 spiro atoms. The maximum atomic E-state index is 12.8. The third-order valence-corrected chi connectivity index (χ3v) is 6.26. The van der Waals surface area contributed by atoms with Crippen LogP contribution in [-0.4, -0.2) is 43.9 Å². The molecule has 2 saturated heterocycles. The van der Waals surface area contributed by atoms with E-state index in [-0.39, 0.29) is 11.5 Å². The molecule has 1 aromatic rings. The Balaban J connectivity index is 2.00. The third kappa shape index (κ3) is 2.07. The Morgan fingerprint density at radius 2 is 1.80 bits per heavy atom. The zero-order valence-corrected chi connectivity index (χ0v) is 11.9. The van der Waals surface area contributed by atoms with Gasteiger partial charge in [-0.3, -0.25) is 0 Å². The van der Waals surface area contributed by atoms with Crippen LogP contribution in [0, 0.1) is 0 Å². The first-order chi connectivity index (χ1) is 9.57. The highest BCUT2D eigenvalue weighted by atomic mass is 32.2. The fraction of sp³-hybridized carbons (Fsp3) is 0.571. The first-order valence-corrected chi connectivity index (χ1v) is 8.37. The number of aliphatic hydroxyl groups excluding tert-OH is 1. The lowest BCUT2D eigenvalue weighted by Gasteiger charge is -2.40. The minimum Gasteiger partial charge on any atom is -0.387 e. The summed E-state index contributed by atoms with van der Waals surface area (Å²) in [6, 6.07) is 8.28. The van der Waals surface area contributed by atoms with E-state index < -0.39 is 27.0 Å². The Morgan fingerprint density at radius 3 is 2.50 bits per heavy atom. The van der Waals surface area contributed by atoms with Gasteiger partial charge < -0.3 is 14.6 Å². The summed E-state index contributed by atoms with van der Waals surface area (Å²) in [5.41, 5.74) is 0. The van der Waals surface area contributed by atoms with Gasteiger partial charge in [0, 0.05) is 0 Å². The standard InChI is InChI=1S/C14H18O5S/c15-12-7-4-9-18-14(12)13(8-10-19-14)20(16,17)11-5-2-1-3-6-11/h1-3,5-6,12-13,15H,4,7-10H2/t12-,13+,14-/m1/s1. The van der Waals surface area contributed by atoms with Crippen molar-refractivity contribution < 1.29 is 23.0 Å². The number of hydrogen-bond acceptors (Lipinski definition) is 5. The van der Waals surface area contributed by atoms with Crippen LogP contribution < -0.4 is 0 Å². The lowest BCUT2D eigenvalue weighted by atomic mass is 9.99. The number of hydrogen-bond donors (Lipinski definition) is 1. The lowest BCUT2D eigenvalue weighted by molar-refractivity contribution is -0.276. The van der Waals surface area contributed by atoms with Crippen molar-refractivity contribution in [2.75, 3.05) is 13.2 Å². The number of sulfone groups is 1. The highest BCUT2D eigenvalue weighted by Gasteiger charge is 2.58. The van der Waals surface area contributed by atoms with Crippen molar-refractivity contribution in [1.29, 1.82) is 0 Å². The zero-order valence-electron chi connectivity index (χ0n) is 11.1. The van der Waals surface area contributed by atoms with E-state index in [1.54, 1.807) is 30.3 Å². The summed E-state index contributed by atoms with van der Waals surface area (Å²) in [6.45, 7) is 0.700. The molecule has 2 heterocycles. The summed E-state index contributed by atoms with van der Waals surface area (Å²) in [5.74, 6) is -1.40. The molecule has 0 bridgehead atoms. The molecule has 2 aliphatic rings. The fourth-order valence-corrected chi connectivity index (χ4v) is 5.01. The molecule has 0 amide bonds. The van der Waals surface area contributed by atoms with Gasteiger partial charge in [-0.2, -0.15) is 0 Å². The number of benzene rings is 1. The summed E-state index contributed by atoms with van der Waals surface area (Å²) >= 11 is 0. The summed E-state index contributed by atoms with van der Waals surface area (Å²) < 4.78 is 36.7. The molecule has 110 valence electrons. The maximum Gasteiger partial charge on any atom is 0.212 e. The van der Waals surface area contributed by atoms with Gasteiger partial charge in [-0.15, -0.1) is 0 Å². The van der Waals surface area contributed by atoms with E-state index >= 15 is 0 Å². The van der Waals surface area contributed by atoms with E-state index in [0.717, 1.165) is 0 Å². The molecule has 0 unspecified atom stereocenters. The molecule has 1 aromatic carbocycles. The molecule has 0 aromatic heterocycles. The molecule has 6 heteroatoms. The van der Waals surface area contributed by atoms with Crippen LogP contribution in [0.2, 0.25) is 0 Å². The van der Waals surface area contributed by atoms with Gasteiger partial charge in [0.05, 0.1) is 18.1 Å². The molecule has 2 aliphatic heterocycles. The van der Waals surface area contributed by atoms with Crippen molar-refractivity contribution in [1.82, 2.24) is 0 Å². The molecule has 3 rings (SSSR count).